The molecule has 0 saturated carbocycles. The van der Waals surface area contributed by atoms with Crippen LogP contribution < -0.4 is 4.74 Å². The lowest BCUT2D eigenvalue weighted by Gasteiger charge is -2.20. The van der Waals surface area contributed by atoms with Crippen LogP contribution in [-0.4, -0.2) is 48.4 Å². The third-order valence-electron chi connectivity index (χ3n) is 7.34. The molecule has 0 unspecified atom stereocenters. The summed E-state index contributed by atoms with van der Waals surface area (Å²) in [6, 6.07) is 17.4. The van der Waals surface area contributed by atoms with Crippen molar-refractivity contribution in [3.8, 4) is 5.75 Å². The Balaban J connectivity index is 1.59. The summed E-state index contributed by atoms with van der Waals surface area (Å²) in [4.78, 5) is 13.9. The normalized spacial score (nSPS) is 17.8. The van der Waals surface area contributed by atoms with E-state index in [1.54, 1.807) is 30.3 Å². The number of aromatic carboxylic acids is 1. The number of hydrogen-bond acceptors (Lipinski definition) is 3. The Kier molecular flexibility index (Phi) is 8.10. The Morgan fingerprint density at radius 3 is 2.68 bits per heavy atom. The van der Waals surface area contributed by atoms with Gasteiger partial charge < -0.3 is 9.84 Å². The second-order valence-electron chi connectivity index (χ2n) is 9.88. The van der Waals surface area contributed by atoms with E-state index >= 15 is 4.39 Å². The van der Waals surface area contributed by atoms with Crippen molar-refractivity contribution >= 4 is 28.7 Å². The fourth-order valence-corrected chi connectivity index (χ4v) is 5.79. The van der Waals surface area contributed by atoms with Gasteiger partial charge in [0.15, 0.2) is 0 Å². The molecule has 0 aromatic heterocycles. The Morgan fingerprint density at radius 1 is 1.05 bits per heavy atom. The van der Waals surface area contributed by atoms with E-state index in [1.807, 2.05) is 24.3 Å². The van der Waals surface area contributed by atoms with Crippen LogP contribution in [0.25, 0.3) is 11.1 Å². The Labute approximate surface area is 226 Å². The van der Waals surface area contributed by atoms with E-state index in [0.29, 0.717) is 54.3 Å². The number of nitrogens with zero attached hydrogens (tertiary/aromatic N) is 1. The Morgan fingerprint density at radius 2 is 1.89 bits per heavy atom. The van der Waals surface area contributed by atoms with Gasteiger partial charge in [-0.15, -0.1) is 0 Å². The summed E-state index contributed by atoms with van der Waals surface area (Å²) in [6.45, 7) is 1.93. The van der Waals surface area contributed by atoms with Crippen molar-refractivity contribution in [3.63, 3.8) is 0 Å². The van der Waals surface area contributed by atoms with Crippen molar-refractivity contribution in [1.82, 2.24) is 4.90 Å². The number of allylic oxidation sites excluding steroid dienone is 1. The van der Waals surface area contributed by atoms with Crippen LogP contribution in [0.2, 0.25) is 5.02 Å². The molecule has 0 bridgehead atoms. The highest BCUT2D eigenvalue weighted by Crippen LogP contribution is 2.43. The predicted octanol–water partition coefficient (Wildman–Crippen LogP) is 7.29. The molecule has 1 saturated heterocycles. The van der Waals surface area contributed by atoms with Gasteiger partial charge in [0, 0.05) is 30.2 Å². The molecule has 3 aromatic rings. The molecule has 0 spiro atoms. The third kappa shape index (κ3) is 5.62. The van der Waals surface area contributed by atoms with E-state index in [9.17, 15) is 14.3 Å². The topological polar surface area (TPSA) is 49.8 Å². The van der Waals surface area contributed by atoms with Crippen LogP contribution in [0.15, 0.2) is 60.7 Å². The fraction of sp³-hybridized carbons (Fsp3) is 0.323. The lowest BCUT2D eigenvalue weighted by atomic mass is 9.87. The number of carboxylic acid groups (broad SMARTS) is 1. The number of hydrogen-bond donors (Lipinski definition) is 1. The summed E-state index contributed by atoms with van der Waals surface area (Å²) >= 11 is 6.63. The van der Waals surface area contributed by atoms with Crippen LogP contribution in [0, 0.1) is 5.82 Å². The van der Waals surface area contributed by atoms with Crippen LogP contribution in [0.5, 0.6) is 5.75 Å². The molecule has 7 heteroatoms. The molecule has 5 rings (SSSR count). The minimum atomic E-state index is -0.993. The van der Waals surface area contributed by atoms with Crippen LogP contribution in [-0.2, 0) is 6.42 Å². The van der Waals surface area contributed by atoms with Gasteiger partial charge in [-0.3, -0.25) is 9.29 Å². The van der Waals surface area contributed by atoms with Gasteiger partial charge in [-0.1, -0.05) is 35.9 Å². The number of halogens is 3. The number of rotatable bonds is 8. The lowest BCUT2D eigenvalue weighted by Crippen LogP contribution is -2.26. The Bertz CT molecular complexity index is 1370. The van der Waals surface area contributed by atoms with Crippen molar-refractivity contribution in [2.24, 2.45) is 0 Å². The number of carbonyl (C=O) groups is 1. The van der Waals surface area contributed by atoms with Crippen molar-refractivity contribution < 1.29 is 23.4 Å². The first-order valence-corrected chi connectivity index (χ1v) is 13.4. The molecule has 2 aliphatic rings. The third-order valence-corrected chi connectivity index (χ3v) is 7.67. The standard InChI is InChI=1S/C31H30ClF2NO3/c32-28-8-2-1-6-25(28)26-7-3-5-20-17-21(31(36)37)9-11-24(20)30(26)27-18-22(10-12-29(27)34)38-23-13-16-35(19-23)15-4-14-33/h1-2,6,8-12,17-18,23H,3-5,7,13-16,19H2,(H,36,37)/t23-/m1/s1. The molecular formula is C31H30ClF2NO3. The quantitative estimate of drug-likeness (QED) is 0.328. The largest absolute Gasteiger partial charge is 0.489 e. The summed E-state index contributed by atoms with van der Waals surface area (Å²) in [5, 5.41) is 10.1. The minimum Gasteiger partial charge on any atom is -0.489 e. The zero-order chi connectivity index (χ0) is 26.6. The SMILES string of the molecule is O=C(O)c1ccc2c(c1)CCCC(c1ccccc1Cl)=C2c1cc(O[C@@H]2CCN(CCCF)C2)ccc1F. The fourth-order valence-electron chi connectivity index (χ4n) is 5.55. The average Bonchev–Trinajstić information content (AvgIpc) is 3.27. The molecule has 4 nitrogen and oxygen atoms in total. The van der Waals surface area contributed by atoms with Gasteiger partial charge in [0.2, 0.25) is 0 Å². The average molecular weight is 538 g/mol. The van der Waals surface area contributed by atoms with Crippen molar-refractivity contribution in [2.75, 3.05) is 26.3 Å². The smallest absolute Gasteiger partial charge is 0.335 e. The summed E-state index contributed by atoms with van der Waals surface area (Å²) in [5.41, 5.74) is 4.75. The van der Waals surface area contributed by atoms with E-state index in [4.69, 9.17) is 16.3 Å². The first-order valence-electron chi connectivity index (χ1n) is 13.0. The molecule has 1 N–H and O–H groups in total. The summed E-state index contributed by atoms with van der Waals surface area (Å²) in [7, 11) is 0. The molecule has 1 heterocycles. The molecule has 1 atom stereocenters. The molecule has 1 fully saturated rings. The van der Waals surface area contributed by atoms with E-state index < -0.39 is 5.97 Å². The highest BCUT2D eigenvalue weighted by atomic mass is 35.5. The van der Waals surface area contributed by atoms with Crippen molar-refractivity contribution in [1.29, 1.82) is 0 Å². The molecule has 1 aliphatic heterocycles. The highest BCUT2D eigenvalue weighted by molar-refractivity contribution is 6.32. The zero-order valence-electron chi connectivity index (χ0n) is 21.1. The van der Waals surface area contributed by atoms with Gasteiger partial charge in [0.25, 0.3) is 0 Å². The van der Waals surface area contributed by atoms with Crippen molar-refractivity contribution in [2.45, 2.75) is 38.2 Å². The Hall–Kier alpha value is -3.22. The minimum absolute atomic E-state index is 0.0514. The highest BCUT2D eigenvalue weighted by Gasteiger charge is 2.27. The van der Waals surface area contributed by atoms with E-state index in [1.165, 1.54) is 6.07 Å². The number of aryl methyl sites for hydroxylation is 1. The summed E-state index contributed by atoms with van der Waals surface area (Å²) < 4.78 is 34.5. The first-order chi connectivity index (χ1) is 18.4. The molecule has 0 radical (unpaired) electrons. The second-order valence-corrected chi connectivity index (χ2v) is 10.3. The van der Waals surface area contributed by atoms with Gasteiger partial charge in [-0.25, -0.2) is 9.18 Å². The molecule has 3 aromatic carbocycles. The predicted molar refractivity (Wildman–Crippen MR) is 146 cm³/mol. The molecular weight excluding hydrogens is 508 g/mol. The molecule has 198 valence electrons. The van der Waals surface area contributed by atoms with Gasteiger partial charge in [-0.2, -0.15) is 0 Å². The first kappa shape index (κ1) is 26.4. The van der Waals surface area contributed by atoms with Crippen LogP contribution in [0.1, 0.15) is 58.3 Å². The molecule has 1 aliphatic carbocycles. The number of benzene rings is 3. The van der Waals surface area contributed by atoms with Gasteiger partial charge in [0.1, 0.15) is 17.7 Å². The monoisotopic (exact) mass is 537 g/mol. The van der Waals surface area contributed by atoms with Crippen LogP contribution in [0.4, 0.5) is 8.78 Å². The van der Waals surface area contributed by atoms with Gasteiger partial charge in [0.05, 0.1) is 12.2 Å². The number of alkyl halides is 1. The zero-order valence-corrected chi connectivity index (χ0v) is 21.8. The summed E-state index contributed by atoms with van der Waals surface area (Å²) in [6.07, 6.45) is 3.39. The van der Waals surface area contributed by atoms with E-state index in [0.717, 1.165) is 41.6 Å². The van der Waals surface area contributed by atoms with Crippen LogP contribution >= 0.6 is 11.6 Å². The maximum Gasteiger partial charge on any atom is 0.335 e. The number of likely N-dealkylation sites (tertiary alicyclic amines) is 1. The second kappa shape index (κ2) is 11.7. The van der Waals surface area contributed by atoms with Crippen LogP contribution in [0.3, 0.4) is 0 Å². The van der Waals surface area contributed by atoms with Crippen molar-refractivity contribution in [3.05, 3.63) is 99.3 Å². The van der Waals surface area contributed by atoms with E-state index in [2.05, 4.69) is 4.90 Å². The number of carboxylic acids is 1. The maximum absolute atomic E-state index is 15.6. The van der Waals surface area contributed by atoms with Gasteiger partial charge >= 0.3 is 5.97 Å². The number of ether oxygens (including phenoxy) is 1. The van der Waals surface area contributed by atoms with Gasteiger partial charge in [-0.05, 0) is 96.3 Å². The molecule has 38 heavy (non-hydrogen) atoms. The maximum atomic E-state index is 15.6. The summed E-state index contributed by atoms with van der Waals surface area (Å²) in [5.74, 6) is -0.812. The number of fused-ring (bicyclic) bond motifs is 1. The molecule has 0 amide bonds. The van der Waals surface area contributed by atoms with E-state index in [-0.39, 0.29) is 24.2 Å². The lowest BCUT2D eigenvalue weighted by molar-refractivity contribution is 0.0696.